The van der Waals surface area contributed by atoms with E-state index in [2.05, 4.69) is 57.1 Å². The molecule has 0 saturated carbocycles. The van der Waals surface area contributed by atoms with Gasteiger partial charge in [-0.05, 0) is 30.7 Å². The van der Waals surface area contributed by atoms with Gasteiger partial charge in [0.25, 0.3) is 0 Å². The zero-order valence-electron chi connectivity index (χ0n) is 11.0. The van der Waals surface area contributed by atoms with Gasteiger partial charge in [-0.15, -0.1) is 0 Å². The van der Waals surface area contributed by atoms with Crippen LogP contribution < -0.4 is 4.74 Å². The minimum absolute atomic E-state index is 0.499. The first-order valence-electron chi connectivity index (χ1n) is 6.31. The van der Waals surface area contributed by atoms with E-state index >= 15 is 0 Å². The molecule has 0 unspecified atom stereocenters. The number of halogens is 1. The van der Waals surface area contributed by atoms with Crippen molar-refractivity contribution in [3.05, 3.63) is 64.4 Å². The van der Waals surface area contributed by atoms with Crippen molar-refractivity contribution < 1.29 is 4.74 Å². The van der Waals surface area contributed by atoms with E-state index in [-0.39, 0.29) is 0 Å². The Morgan fingerprint density at radius 1 is 1.05 bits per heavy atom. The summed E-state index contributed by atoms with van der Waals surface area (Å²) in [4.78, 5) is 8.46. The lowest BCUT2D eigenvalue weighted by molar-refractivity contribution is 0.297. The number of ether oxygens (including phenoxy) is 1. The molecular weight excluding hydrogens is 316 g/mol. The van der Waals surface area contributed by atoms with Gasteiger partial charge in [-0.1, -0.05) is 45.8 Å². The predicted molar refractivity (Wildman–Crippen MR) is 82.7 cm³/mol. The summed E-state index contributed by atoms with van der Waals surface area (Å²) in [7, 11) is 0. The van der Waals surface area contributed by atoms with E-state index in [9.17, 15) is 0 Å². The van der Waals surface area contributed by atoms with E-state index < -0.39 is 0 Å². The van der Waals surface area contributed by atoms with E-state index in [0.29, 0.717) is 12.5 Å². The summed E-state index contributed by atoms with van der Waals surface area (Å²) in [6.45, 7) is 2.57. The van der Waals surface area contributed by atoms with E-state index in [4.69, 9.17) is 4.74 Å². The molecule has 0 bridgehead atoms. The maximum Gasteiger partial charge on any atom is 0.224 e. The van der Waals surface area contributed by atoms with Crippen LogP contribution in [0.25, 0.3) is 10.9 Å². The third-order valence-electron chi connectivity index (χ3n) is 3.06. The minimum atomic E-state index is 0.499. The van der Waals surface area contributed by atoms with Gasteiger partial charge in [0.05, 0.1) is 10.9 Å². The lowest BCUT2D eigenvalue weighted by Gasteiger charge is -2.08. The van der Waals surface area contributed by atoms with Gasteiger partial charge < -0.3 is 4.74 Å². The maximum absolute atomic E-state index is 5.83. The van der Waals surface area contributed by atoms with Gasteiger partial charge in [-0.2, -0.15) is 0 Å². The molecule has 0 fully saturated rings. The van der Waals surface area contributed by atoms with Crippen molar-refractivity contribution in [1.29, 1.82) is 0 Å². The molecule has 0 aliphatic heterocycles. The Labute approximate surface area is 125 Å². The predicted octanol–water partition coefficient (Wildman–Crippen LogP) is 4.28. The Morgan fingerprint density at radius 3 is 2.65 bits per heavy atom. The van der Waals surface area contributed by atoms with Crippen molar-refractivity contribution >= 4 is 26.8 Å². The maximum atomic E-state index is 5.83. The summed E-state index contributed by atoms with van der Waals surface area (Å²) in [6, 6.07) is 14.2. The Hall–Kier alpha value is -1.94. The fourth-order valence-electron chi connectivity index (χ4n) is 1.96. The van der Waals surface area contributed by atoms with Crippen molar-refractivity contribution in [1.82, 2.24) is 9.97 Å². The Balaban J connectivity index is 1.87. The molecule has 0 spiro atoms. The molecule has 0 aliphatic carbocycles. The molecule has 3 aromatic rings. The number of nitrogens with zero attached hydrogens (tertiary/aromatic N) is 2. The van der Waals surface area contributed by atoms with Crippen molar-refractivity contribution in [2.75, 3.05) is 0 Å². The molecule has 3 rings (SSSR count). The standard InChI is InChI=1S/C16H13BrN2O/c1-11-2-4-12(5-3-11)9-20-16-14-8-13(17)6-7-15(14)18-10-19-16/h2-8,10H,9H2,1H3. The number of aromatic nitrogens is 2. The second kappa shape index (κ2) is 5.59. The van der Waals surface area contributed by atoms with E-state index in [0.717, 1.165) is 20.9 Å². The van der Waals surface area contributed by atoms with E-state index in [1.807, 2.05) is 18.2 Å². The molecule has 0 radical (unpaired) electrons. The first-order valence-corrected chi connectivity index (χ1v) is 7.10. The molecule has 2 aromatic carbocycles. The average Bonchev–Trinajstić information content (AvgIpc) is 2.47. The van der Waals surface area contributed by atoms with Gasteiger partial charge in [-0.25, -0.2) is 9.97 Å². The van der Waals surface area contributed by atoms with Gasteiger partial charge in [0.1, 0.15) is 12.9 Å². The number of aryl methyl sites for hydroxylation is 1. The van der Waals surface area contributed by atoms with Crippen molar-refractivity contribution in [3.63, 3.8) is 0 Å². The van der Waals surface area contributed by atoms with Gasteiger partial charge in [-0.3, -0.25) is 0 Å². The van der Waals surface area contributed by atoms with Crippen LogP contribution in [0, 0.1) is 6.92 Å². The van der Waals surface area contributed by atoms with Gasteiger partial charge in [0.15, 0.2) is 0 Å². The van der Waals surface area contributed by atoms with Crippen molar-refractivity contribution in [3.8, 4) is 5.88 Å². The Bertz CT molecular complexity index is 741. The molecule has 0 atom stereocenters. The fraction of sp³-hybridized carbons (Fsp3) is 0.125. The smallest absolute Gasteiger partial charge is 0.224 e. The molecule has 0 amide bonds. The molecule has 20 heavy (non-hydrogen) atoms. The van der Waals surface area contributed by atoms with E-state index in [1.54, 1.807) is 0 Å². The zero-order chi connectivity index (χ0) is 13.9. The van der Waals surface area contributed by atoms with Crippen LogP contribution in [0.1, 0.15) is 11.1 Å². The summed E-state index contributed by atoms with van der Waals surface area (Å²) >= 11 is 3.46. The third kappa shape index (κ3) is 2.80. The molecule has 0 N–H and O–H groups in total. The van der Waals surface area contributed by atoms with Gasteiger partial charge in [0, 0.05) is 4.47 Å². The highest BCUT2D eigenvalue weighted by Crippen LogP contribution is 2.25. The monoisotopic (exact) mass is 328 g/mol. The van der Waals surface area contributed by atoms with Crippen LogP contribution >= 0.6 is 15.9 Å². The van der Waals surface area contributed by atoms with Gasteiger partial charge >= 0.3 is 0 Å². The average molecular weight is 329 g/mol. The number of hydrogen-bond acceptors (Lipinski definition) is 3. The highest BCUT2D eigenvalue weighted by Gasteiger charge is 2.05. The first kappa shape index (κ1) is 13.1. The molecule has 0 aliphatic rings. The number of benzene rings is 2. The summed E-state index contributed by atoms with van der Waals surface area (Å²) < 4.78 is 6.81. The molecule has 100 valence electrons. The summed E-state index contributed by atoms with van der Waals surface area (Å²) in [6.07, 6.45) is 1.53. The molecular formula is C16H13BrN2O. The Morgan fingerprint density at radius 2 is 1.85 bits per heavy atom. The number of fused-ring (bicyclic) bond motifs is 1. The SMILES string of the molecule is Cc1ccc(COc2ncnc3ccc(Br)cc23)cc1. The molecule has 1 heterocycles. The van der Waals surface area contributed by atoms with Crippen LogP contribution in [-0.2, 0) is 6.61 Å². The van der Waals surface area contributed by atoms with Crippen molar-refractivity contribution in [2.45, 2.75) is 13.5 Å². The van der Waals surface area contributed by atoms with Crippen LogP contribution in [0.15, 0.2) is 53.3 Å². The highest BCUT2D eigenvalue weighted by molar-refractivity contribution is 9.10. The second-order valence-electron chi connectivity index (χ2n) is 4.61. The van der Waals surface area contributed by atoms with Crippen LogP contribution in [0.4, 0.5) is 0 Å². The lowest BCUT2D eigenvalue weighted by Crippen LogP contribution is -1.98. The minimum Gasteiger partial charge on any atom is -0.472 e. The third-order valence-corrected chi connectivity index (χ3v) is 3.55. The van der Waals surface area contributed by atoms with Crippen LogP contribution in [0.2, 0.25) is 0 Å². The molecule has 3 nitrogen and oxygen atoms in total. The summed E-state index contributed by atoms with van der Waals surface area (Å²) in [5.74, 6) is 0.608. The first-order chi connectivity index (χ1) is 9.72. The highest BCUT2D eigenvalue weighted by atomic mass is 79.9. The molecule has 0 saturated heterocycles. The van der Waals surface area contributed by atoms with Gasteiger partial charge in [0.2, 0.25) is 5.88 Å². The van der Waals surface area contributed by atoms with Crippen LogP contribution in [-0.4, -0.2) is 9.97 Å². The zero-order valence-corrected chi connectivity index (χ0v) is 12.6. The quantitative estimate of drug-likeness (QED) is 0.719. The lowest BCUT2D eigenvalue weighted by atomic mass is 10.2. The fourth-order valence-corrected chi connectivity index (χ4v) is 2.32. The molecule has 1 aromatic heterocycles. The normalized spacial score (nSPS) is 10.7. The summed E-state index contributed by atoms with van der Waals surface area (Å²) in [5.41, 5.74) is 3.24. The number of hydrogen-bond donors (Lipinski definition) is 0. The van der Waals surface area contributed by atoms with E-state index in [1.165, 1.54) is 11.9 Å². The second-order valence-corrected chi connectivity index (χ2v) is 5.53. The number of rotatable bonds is 3. The topological polar surface area (TPSA) is 35.0 Å². The largest absolute Gasteiger partial charge is 0.472 e. The Kier molecular flexibility index (Phi) is 3.65. The van der Waals surface area contributed by atoms with Crippen LogP contribution in [0.3, 0.4) is 0 Å². The summed E-state index contributed by atoms with van der Waals surface area (Å²) in [5, 5.41) is 0.911. The van der Waals surface area contributed by atoms with Crippen LogP contribution in [0.5, 0.6) is 5.88 Å². The molecule has 4 heteroatoms. The van der Waals surface area contributed by atoms with Crippen molar-refractivity contribution in [2.24, 2.45) is 0 Å².